The number of benzene rings is 4. The molecule has 2 amide bonds. The van der Waals surface area contributed by atoms with Crippen molar-refractivity contribution < 1.29 is 45.4 Å². The Morgan fingerprint density at radius 1 is 0.577 bits per heavy atom. The van der Waals surface area contributed by atoms with E-state index in [2.05, 4.69) is 40.5 Å². The third kappa shape index (κ3) is 9.55. The van der Waals surface area contributed by atoms with E-state index in [1.165, 1.54) is 60.7 Å². The molecule has 0 aliphatic rings. The van der Waals surface area contributed by atoms with Crippen LogP contribution in [0, 0.1) is 0 Å². The summed E-state index contributed by atoms with van der Waals surface area (Å²) in [6, 6.07) is 18.0. The summed E-state index contributed by atoms with van der Waals surface area (Å²) in [5.74, 6) is -2.16. The number of anilines is 2. The molecule has 0 unspecified atom stereocenters. The summed E-state index contributed by atoms with van der Waals surface area (Å²) in [5, 5.41) is 17.6. The van der Waals surface area contributed by atoms with Crippen molar-refractivity contribution in [2.24, 2.45) is 0 Å². The van der Waals surface area contributed by atoms with Gasteiger partial charge in [0.05, 0.1) is 10.8 Å². The molecule has 2 aromatic heterocycles. The first-order valence-electron chi connectivity index (χ1n) is 14.2. The van der Waals surface area contributed by atoms with Crippen LogP contribution in [0.3, 0.4) is 0 Å². The lowest BCUT2D eigenvalue weighted by Crippen LogP contribution is -2.17. The molecule has 0 spiro atoms. The standard InChI is InChI=1S/2C16H9ClF3N3O3/c17-13-12-6-8(4-5-11(12)15(25)23-22-13)14(24)21-9-2-1-3-10(7-9)26-16(18,19)20;17-13-11-5-4-8(6-12(11)15(25)23-22-13)14(24)21-9-2-1-3-10(7-9)26-16(18,19)20/h2*1-7H,(H,21,24)(H,23,25). The van der Waals surface area contributed by atoms with Gasteiger partial charge in [-0.3, -0.25) is 19.2 Å². The highest BCUT2D eigenvalue weighted by Crippen LogP contribution is 2.27. The zero-order valence-electron chi connectivity index (χ0n) is 25.5. The maximum Gasteiger partial charge on any atom is 0.573 e. The predicted molar refractivity (Wildman–Crippen MR) is 177 cm³/mol. The van der Waals surface area contributed by atoms with Crippen molar-refractivity contribution in [3.63, 3.8) is 0 Å². The van der Waals surface area contributed by atoms with Crippen molar-refractivity contribution in [2.45, 2.75) is 12.7 Å². The summed E-state index contributed by atoms with van der Waals surface area (Å²) in [6.45, 7) is 0. The summed E-state index contributed by atoms with van der Waals surface area (Å²) in [4.78, 5) is 48.1. The molecule has 0 saturated heterocycles. The SMILES string of the molecule is O=C(Nc1cccc(OC(F)(F)F)c1)c1ccc2c(=O)[nH]nc(Cl)c2c1.O=C(Nc1cccc(OC(F)(F)F)c1)c1ccc2c(Cl)n[nH]c(=O)c2c1. The number of nitrogens with one attached hydrogen (secondary N) is 4. The third-order valence-corrected chi connectivity index (χ3v) is 7.24. The Bertz CT molecular complexity index is 2440. The van der Waals surface area contributed by atoms with Gasteiger partial charge in [-0.05, 0) is 54.6 Å². The average Bonchev–Trinajstić information content (AvgIpc) is 3.07. The molecule has 0 atom stereocenters. The van der Waals surface area contributed by atoms with Gasteiger partial charge in [0.15, 0.2) is 10.3 Å². The summed E-state index contributed by atoms with van der Waals surface area (Å²) in [6.07, 6.45) is -9.67. The fraction of sp³-hybridized carbons (Fsp3) is 0.0625. The van der Waals surface area contributed by atoms with Gasteiger partial charge in [-0.2, -0.15) is 10.2 Å². The van der Waals surface area contributed by atoms with Crippen molar-refractivity contribution in [2.75, 3.05) is 10.6 Å². The number of H-pyrrole nitrogens is 2. The van der Waals surface area contributed by atoms with E-state index in [-0.39, 0.29) is 49.0 Å². The van der Waals surface area contributed by atoms with Crippen molar-refractivity contribution in [1.29, 1.82) is 0 Å². The van der Waals surface area contributed by atoms with Crippen LogP contribution in [0.5, 0.6) is 11.5 Å². The van der Waals surface area contributed by atoms with Gasteiger partial charge in [0.25, 0.3) is 22.9 Å². The second kappa shape index (κ2) is 15.0. The number of rotatable bonds is 6. The highest BCUT2D eigenvalue weighted by Gasteiger charge is 2.32. The van der Waals surface area contributed by atoms with Crippen LogP contribution in [0.25, 0.3) is 21.5 Å². The molecule has 52 heavy (non-hydrogen) atoms. The minimum Gasteiger partial charge on any atom is -0.406 e. The Morgan fingerprint density at radius 2 is 1.00 bits per heavy atom. The number of carbonyl (C=O) groups excluding carboxylic acids is 2. The minimum absolute atomic E-state index is 0.00910. The fourth-order valence-electron chi connectivity index (χ4n) is 4.50. The van der Waals surface area contributed by atoms with E-state index in [0.717, 1.165) is 24.3 Å². The number of aromatic amines is 2. The van der Waals surface area contributed by atoms with Crippen molar-refractivity contribution in [1.82, 2.24) is 20.4 Å². The number of halogens is 8. The number of aromatic nitrogens is 4. The fourth-order valence-corrected chi connectivity index (χ4v) is 4.90. The molecule has 0 radical (unpaired) electrons. The third-order valence-electron chi connectivity index (χ3n) is 6.66. The molecule has 6 rings (SSSR count). The molecule has 6 aromatic rings. The maximum absolute atomic E-state index is 12.3. The Balaban J connectivity index is 0.000000201. The van der Waals surface area contributed by atoms with Crippen LogP contribution in [-0.2, 0) is 0 Å². The van der Waals surface area contributed by atoms with Gasteiger partial charge in [-0.1, -0.05) is 41.4 Å². The molecule has 268 valence electrons. The molecule has 2 heterocycles. The van der Waals surface area contributed by atoms with Gasteiger partial charge in [-0.25, -0.2) is 10.2 Å². The van der Waals surface area contributed by atoms with E-state index < -0.39 is 47.2 Å². The first-order chi connectivity index (χ1) is 24.5. The van der Waals surface area contributed by atoms with Crippen LogP contribution in [-0.4, -0.2) is 44.9 Å². The average molecular weight is 767 g/mol. The highest BCUT2D eigenvalue weighted by molar-refractivity contribution is 6.34. The minimum atomic E-state index is -4.84. The summed E-state index contributed by atoms with van der Waals surface area (Å²) >= 11 is 11.8. The van der Waals surface area contributed by atoms with E-state index in [4.69, 9.17) is 23.2 Å². The van der Waals surface area contributed by atoms with E-state index in [9.17, 15) is 45.5 Å². The molecular weight excluding hydrogens is 749 g/mol. The van der Waals surface area contributed by atoms with Crippen LogP contribution >= 0.6 is 23.2 Å². The smallest absolute Gasteiger partial charge is 0.406 e. The zero-order chi connectivity index (χ0) is 37.8. The second-order valence-electron chi connectivity index (χ2n) is 10.3. The molecule has 12 nitrogen and oxygen atoms in total. The van der Waals surface area contributed by atoms with Crippen LogP contribution in [0.1, 0.15) is 20.7 Å². The number of amides is 2. The Kier molecular flexibility index (Phi) is 10.7. The lowest BCUT2D eigenvalue weighted by Gasteiger charge is -2.11. The molecule has 0 fully saturated rings. The highest BCUT2D eigenvalue weighted by atomic mass is 35.5. The summed E-state index contributed by atoms with van der Waals surface area (Å²) in [5.41, 5.74) is -0.528. The maximum atomic E-state index is 12.3. The van der Waals surface area contributed by atoms with Crippen LogP contribution in [0.15, 0.2) is 94.5 Å². The molecule has 20 heteroatoms. The van der Waals surface area contributed by atoms with Gasteiger partial charge in [0.1, 0.15) is 11.5 Å². The van der Waals surface area contributed by atoms with Crippen molar-refractivity contribution in [3.05, 3.63) is 127 Å². The molecule has 0 aliphatic heterocycles. The normalized spacial score (nSPS) is 11.4. The predicted octanol–water partition coefficient (Wildman–Crippen LogP) is 7.45. The number of hydrogen-bond acceptors (Lipinski definition) is 8. The molecular formula is C32H18Cl2F6N6O6. The van der Waals surface area contributed by atoms with E-state index in [0.29, 0.717) is 5.39 Å². The topological polar surface area (TPSA) is 168 Å². The van der Waals surface area contributed by atoms with Crippen LogP contribution in [0.4, 0.5) is 37.7 Å². The Labute approximate surface area is 295 Å². The molecule has 0 bridgehead atoms. The summed E-state index contributed by atoms with van der Waals surface area (Å²) < 4.78 is 81.2. The van der Waals surface area contributed by atoms with Crippen molar-refractivity contribution >= 4 is 67.9 Å². The first-order valence-corrected chi connectivity index (χ1v) is 14.9. The van der Waals surface area contributed by atoms with Gasteiger partial charge >= 0.3 is 12.7 Å². The number of hydrogen-bond donors (Lipinski definition) is 4. The van der Waals surface area contributed by atoms with Crippen molar-refractivity contribution in [3.8, 4) is 11.5 Å². The number of fused-ring (bicyclic) bond motifs is 2. The van der Waals surface area contributed by atoms with E-state index in [1.54, 1.807) is 0 Å². The number of ether oxygens (including phenoxy) is 2. The quantitative estimate of drug-likeness (QED) is 0.127. The van der Waals surface area contributed by atoms with E-state index >= 15 is 0 Å². The summed E-state index contributed by atoms with van der Waals surface area (Å²) in [7, 11) is 0. The molecule has 0 saturated carbocycles. The van der Waals surface area contributed by atoms with Gasteiger partial charge in [0.2, 0.25) is 0 Å². The second-order valence-corrected chi connectivity index (χ2v) is 11.0. The Hall–Kier alpha value is -6.14. The lowest BCUT2D eigenvalue weighted by molar-refractivity contribution is -0.275. The largest absolute Gasteiger partial charge is 0.573 e. The zero-order valence-corrected chi connectivity index (χ0v) is 27.0. The van der Waals surface area contributed by atoms with Gasteiger partial charge < -0.3 is 20.1 Å². The van der Waals surface area contributed by atoms with Crippen LogP contribution in [0.2, 0.25) is 10.3 Å². The Morgan fingerprint density at radius 3 is 1.48 bits per heavy atom. The van der Waals surface area contributed by atoms with E-state index in [1.807, 2.05) is 0 Å². The molecule has 0 aliphatic carbocycles. The molecule has 4 N–H and O–H groups in total. The first kappa shape index (κ1) is 37.1. The monoisotopic (exact) mass is 766 g/mol. The number of nitrogens with zero attached hydrogens (tertiary/aromatic N) is 2. The van der Waals surface area contributed by atoms with Gasteiger partial charge in [-0.15, -0.1) is 26.3 Å². The lowest BCUT2D eigenvalue weighted by atomic mass is 10.1. The van der Waals surface area contributed by atoms with Crippen LogP contribution < -0.4 is 31.2 Å². The molecule has 4 aromatic carbocycles. The number of alkyl halides is 6. The van der Waals surface area contributed by atoms with Gasteiger partial charge in [0, 0.05) is 45.4 Å². The number of carbonyl (C=O) groups is 2.